The Kier molecular flexibility index (Phi) is 3.53. The molecule has 0 aliphatic heterocycles. The molecule has 1 rings (SSSR count). The molecule has 0 fully saturated rings. The molecule has 0 unspecified atom stereocenters. The molecule has 14 heavy (non-hydrogen) atoms. The molecule has 0 spiro atoms. The minimum Gasteiger partial charge on any atom is -0.207 e. The largest absolute Gasteiger partial charge is 0.241 e. The maximum absolute atomic E-state index is 11.5. The summed E-state index contributed by atoms with van der Waals surface area (Å²) in [5.41, 5.74) is 0. The molecule has 0 radical (unpaired) electrons. The summed E-state index contributed by atoms with van der Waals surface area (Å²) in [6, 6.07) is 5.85. The maximum Gasteiger partial charge on any atom is 0.241 e. The number of rotatable bonds is 3. The SMILES string of the molecule is C#CCNS(=O)(=O)c1ccc(Cl)cc1. The number of hydrogen-bond donors (Lipinski definition) is 1. The fourth-order valence-corrected chi connectivity index (χ4v) is 1.89. The molecule has 0 heterocycles. The molecule has 1 aromatic carbocycles. The molecule has 3 nitrogen and oxygen atoms in total. The second-order valence-electron chi connectivity index (χ2n) is 2.48. The van der Waals surface area contributed by atoms with E-state index in [1.165, 1.54) is 24.3 Å². The zero-order valence-corrected chi connectivity index (χ0v) is 8.77. The minimum atomic E-state index is -3.49. The number of hydrogen-bond acceptors (Lipinski definition) is 2. The van der Waals surface area contributed by atoms with Gasteiger partial charge in [-0.1, -0.05) is 17.5 Å². The first kappa shape index (κ1) is 11.1. The van der Waals surface area contributed by atoms with Crippen molar-refractivity contribution >= 4 is 21.6 Å². The molecule has 0 saturated heterocycles. The van der Waals surface area contributed by atoms with E-state index in [2.05, 4.69) is 10.6 Å². The predicted octanol–water partition coefficient (Wildman–Crippen LogP) is 1.25. The van der Waals surface area contributed by atoms with Crippen LogP contribution in [0.25, 0.3) is 0 Å². The number of terminal acetylenes is 1. The Morgan fingerprint density at radius 1 is 1.36 bits per heavy atom. The van der Waals surface area contributed by atoms with E-state index in [0.717, 1.165) is 0 Å². The van der Waals surface area contributed by atoms with Crippen molar-refractivity contribution < 1.29 is 8.42 Å². The Balaban J connectivity index is 2.94. The summed E-state index contributed by atoms with van der Waals surface area (Å²) in [4.78, 5) is 0.150. The van der Waals surface area contributed by atoms with Crippen LogP contribution in [0, 0.1) is 12.3 Å². The summed E-state index contributed by atoms with van der Waals surface area (Å²) in [5.74, 6) is 2.19. The molecule has 0 aliphatic carbocycles. The smallest absolute Gasteiger partial charge is 0.207 e. The maximum atomic E-state index is 11.5. The summed E-state index contributed by atoms with van der Waals surface area (Å²) in [6.45, 7) is -0.0229. The third kappa shape index (κ3) is 2.74. The van der Waals surface area contributed by atoms with Crippen LogP contribution in [-0.4, -0.2) is 15.0 Å². The Hall–Kier alpha value is -1.02. The monoisotopic (exact) mass is 229 g/mol. The van der Waals surface area contributed by atoms with Crippen molar-refractivity contribution in [2.45, 2.75) is 4.90 Å². The van der Waals surface area contributed by atoms with E-state index in [9.17, 15) is 8.42 Å². The van der Waals surface area contributed by atoms with Crippen LogP contribution in [0.4, 0.5) is 0 Å². The molecule has 1 aromatic rings. The fraction of sp³-hybridized carbons (Fsp3) is 0.111. The van der Waals surface area contributed by atoms with Gasteiger partial charge < -0.3 is 0 Å². The Morgan fingerprint density at radius 2 is 1.93 bits per heavy atom. The second-order valence-corrected chi connectivity index (χ2v) is 4.69. The lowest BCUT2D eigenvalue weighted by Crippen LogP contribution is -2.23. The van der Waals surface area contributed by atoms with Crippen LogP contribution in [0.15, 0.2) is 29.2 Å². The van der Waals surface area contributed by atoms with E-state index >= 15 is 0 Å². The first-order chi connectivity index (χ1) is 6.56. The molecule has 5 heteroatoms. The highest BCUT2D eigenvalue weighted by Gasteiger charge is 2.11. The standard InChI is InChI=1S/C9H8ClNO2S/c1-2-7-11-14(12,13)9-5-3-8(10)4-6-9/h1,3-6,11H,7H2. The molecule has 0 atom stereocenters. The van der Waals surface area contributed by atoms with Crippen molar-refractivity contribution in [3.05, 3.63) is 29.3 Å². The summed E-state index contributed by atoms with van der Waals surface area (Å²) in [6.07, 6.45) is 4.94. The van der Waals surface area contributed by atoms with Crippen molar-refractivity contribution in [3.8, 4) is 12.3 Å². The van der Waals surface area contributed by atoms with Gasteiger partial charge in [0, 0.05) is 5.02 Å². The van der Waals surface area contributed by atoms with Gasteiger partial charge in [0.05, 0.1) is 11.4 Å². The third-order valence-electron chi connectivity index (χ3n) is 1.49. The molecule has 1 N–H and O–H groups in total. The average molecular weight is 230 g/mol. The van der Waals surface area contributed by atoms with Crippen molar-refractivity contribution in [2.24, 2.45) is 0 Å². The third-order valence-corrected chi connectivity index (χ3v) is 3.16. The summed E-state index contributed by atoms with van der Waals surface area (Å²) < 4.78 is 25.1. The normalized spacial score (nSPS) is 10.9. The predicted molar refractivity (Wildman–Crippen MR) is 55.5 cm³/mol. The lowest BCUT2D eigenvalue weighted by atomic mass is 10.4. The molecule has 0 aromatic heterocycles. The molecular formula is C9H8ClNO2S. The lowest BCUT2D eigenvalue weighted by molar-refractivity contribution is 0.586. The minimum absolute atomic E-state index is 0.0229. The van der Waals surface area contributed by atoms with Gasteiger partial charge in [0.15, 0.2) is 0 Å². The Labute approximate surface area is 88.1 Å². The number of benzene rings is 1. The van der Waals surface area contributed by atoms with E-state index in [1.807, 2.05) is 0 Å². The van der Waals surface area contributed by atoms with Gasteiger partial charge in [0.1, 0.15) is 0 Å². The van der Waals surface area contributed by atoms with Crippen molar-refractivity contribution in [2.75, 3.05) is 6.54 Å². The van der Waals surface area contributed by atoms with E-state index in [0.29, 0.717) is 5.02 Å². The highest BCUT2D eigenvalue weighted by atomic mass is 35.5. The van der Waals surface area contributed by atoms with Crippen molar-refractivity contribution in [1.29, 1.82) is 0 Å². The second kappa shape index (κ2) is 4.47. The summed E-state index contributed by atoms with van der Waals surface area (Å²) in [5, 5.41) is 0.487. The Bertz CT molecular complexity index is 445. The molecule has 0 amide bonds. The van der Waals surface area contributed by atoms with Crippen LogP contribution < -0.4 is 4.72 Å². The van der Waals surface area contributed by atoms with Gasteiger partial charge in [0.2, 0.25) is 10.0 Å². The van der Waals surface area contributed by atoms with Gasteiger partial charge in [-0.05, 0) is 24.3 Å². The molecule has 0 saturated carbocycles. The summed E-state index contributed by atoms with van der Waals surface area (Å²) >= 11 is 5.62. The quantitative estimate of drug-likeness (QED) is 0.793. The van der Waals surface area contributed by atoms with Crippen LogP contribution in [0.3, 0.4) is 0 Å². The van der Waals surface area contributed by atoms with Crippen LogP contribution in [0.1, 0.15) is 0 Å². The van der Waals surface area contributed by atoms with E-state index in [1.54, 1.807) is 0 Å². The van der Waals surface area contributed by atoms with Crippen LogP contribution in [-0.2, 0) is 10.0 Å². The molecule has 74 valence electrons. The zero-order valence-electron chi connectivity index (χ0n) is 7.20. The average Bonchev–Trinajstić information content (AvgIpc) is 2.16. The fourth-order valence-electron chi connectivity index (χ4n) is 0.834. The van der Waals surface area contributed by atoms with E-state index in [4.69, 9.17) is 18.0 Å². The Morgan fingerprint density at radius 3 is 2.43 bits per heavy atom. The highest BCUT2D eigenvalue weighted by Crippen LogP contribution is 2.13. The lowest BCUT2D eigenvalue weighted by Gasteiger charge is -2.03. The van der Waals surface area contributed by atoms with E-state index in [-0.39, 0.29) is 11.4 Å². The molecular weight excluding hydrogens is 222 g/mol. The van der Waals surface area contributed by atoms with Gasteiger partial charge in [-0.15, -0.1) is 6.42 Å². The van der Waals surface area contributed by atoms with Gasteiger partial charge in [-0.3, -0.25) is 0 Å². The van der Waals surface area contributed by atoms with Crippen LogP contribution in [0.5, 0.6) is 0 Å². The molecule has 0 aliphatic rings. The zero-order chi connectivity index (χ0) is 10.6. The topological polar surface area (TPSA) is 46.2 Å². The highest BCUT2D eigenvalue weighted by molar-refractivity contribution is 7.89. The van der Waals surface area contributed by atoms with Crippen LogP contribution >= 0.6 is 11.6 Å². The number of halogens is 1. The first-order valence-electron chi connectivity index (χ1n) is 3.75. The van der Waals surface area contributed by atoms with Crippen LogP contribution in [0.2, 0.25) is 5.02 Å². The summed E-state index contributed by atoms with van der Waals surface area (Å²) in [7, 11) is -3.49. The first-order valence-corrected chi connectivity index (χ1v) is 5.61. The van der Waals surface area contributed by atoms with Gasteiger partial charge >= 0.3 is 0 Å². The van der Waals surface area contributed by atoms with Crippen molar-refractivity contribution in [3.63, 3.8) is 0 Å². The van der Waals surface area contributed by atoms with Gasteiger partial charge in [-0.25, -0.2) is 8.42 Å². The van der Waals surface area contributed by atoms with E-state index < -0.39 is 10.0 Å². The van der Waals surface area contributed by atoms with Gasteiger partial charge in [-0.2, -0.15) is 4.72 Å². The van der Waals surface area contributed by atoms with Gasteiger partial charge in [0.25, 0.3) is 0 Å². The number of sulfonamides is 1. The van der Waals surface area contributed by atoms with Crippen molar-refractivity contribution in [1.82, 2.24) is 4.72 Å². The molecule has 0 bridgehead atoms. The number of nitrogens with one attached hydrogen (secondary N) is 1.